The number of rotatable bonds is 9. The molecule has 1 N–H and O–H groups in total. The maximum atomic E-state index is 12.1. The Morgan fingerprint density at radius 3 is 2.55 bits per heavy atom. The van der Waals surface area contributed by atoms with E-state index in [-0.39, 0.29) is 17.5 Å². The van der Waals surface area contributed by atoms with Crippen LogP contribution in [0.3, 0.4) is 0 Å². The molecule has 3 rings (SSSR count). The topological polar surface area (TPSA) is 80.6 Å². The number of hydrogen-bond acceptors (Lipinski definition) is 5. The van der Waals surface area contributed by atoms with Gasteiger partial charge < -0.3 is 19.5 Å². The first-order valence-electron chi connectivity index (χ1n) is 9.21. The molecule has 0 bridgehead atoms. The normalized spacial score (nSPS) is 13.3. The number of amides is 1. The van der Waals surface area contributed by atoms with Crippen molar-refractivity contribution in [2.45, 2.75) is 18.9 Å². The number of nitrogens with one attached hydrogen (secondary N) is 1. The van der Waals surface area contributed by atoms with E-state index in [9.17, 15) is 10.1 Å². The summed E-state index contributed by atoms with van der Waals surface area (Å²) in [4.78, 5) is 12.1. The number of nitrogens with zero attached hydrogens (tertiary/aromatic N) is 1. The molecule has 0 aliphatic heterocycles. The first-order chi connectivity index (χ1) is 14.1. The highest BCUT2D eigenvalue weighted by Crippen LogP contribution is 2.29. The zero-order valence-electron chi connectivity index (χ0n) is 16.0. The van der Waals surface area contributed by atoms with Gasteiger partial charge in [0.15, 0.2) is 11.5 Å². The van der Waals surface area contributed by atoms with Crippen LogP contribution in [0.1, 0.15) is 18.4 Å². The molecular formula is C22H21ClN2O4. The van der Waals surface area contributed by atoms with Crippen LogP contribution in [0.5, 0.6) is 17.2 Å². The summed E-state index contributed by atoms with van der Waals surface area (Å²) in [5.74, 6) is 1.41. The predicted molar refractivity (Wildman–Crippen MR) is 110 cm³/mol. The number of nitriles is 1. The second-order valence-electron chi connectivity index (χ2n) is 6.48. The Morgan fingerprint density at radius 1 is 1.17 bits per heavy atom. The van der Waals surface area contributed by atoms with E-state index in [0.717, 1.165) is 12.8 Å². The van der Waals surface area contributed by atoms with E-state index in [1.807, 2.05) is 6.07 Å². The van der Waals surface area contributed by atoms with Crippen molar-refractivity contribution in [3.05, 3.63) is 58.6 Å². The van der Waals surface area contributed by atoms with Crippen molar-refractivity contribution in [1.82, 2.24) is 5.32 Å². The first kappa shape index (κ1) is 20.6. The van der Waals surface area contributed by atoms with Gasteiger partial charge in [-0.2, -0.15) is 5.26 Å². The minimum absolute atomic E-state index is 0.0592. The van der Waals surface area contributed by atoms with Crippen LogP contribution < -0.4 is 19.5 Å². The summed E-state index contributed by atoms with van der Waals surface area (Å²) in [6.07, 6.45) is 3.46. The quantitative estimate of drug-likeness (QED) is 0.382. The van der Waals surface area contributed by atoms with Crippen molar-refractivity contribution < 1.29 is 19.0 Å². The molecule has 0 heterocycles. The smallest absolute Gasteiger partial charge is 0.262 e. The molecule has 7 heteroatoms. The van der Waals surface area contributed by atoms with Gasteiger partial charge >= 0.3 is 0 Å². The highest BCUT2D eigenvalue weighted by molar-refractivity contribution is 6.30. The fourth-order valence-electron chi connectivity index (χ4n) is 2.54. The zero-order chi connectivity index (χ0) is 20.6. The van der Waals surface area contributed by atoms with Crippen LogP contribution in [0.4, 0.5) is 0 Å². The Bertz CT molecular complexity index is 931. The predicted octanol–water partition coefficient (Wildman–Crippen LogP) is 3.99. The highest BCUT2D eigenvalue weighted by Gasteiger charge is 2.24. The molecular weight excluding hydrogens is 392 g/mol. The van der Waals surface area contributed by atoms with Crippen LogP contribution in [0.2, 0.25) is 5.02 Å². The average Bonchev–Trinajstić information content (AvgIpc) is 3.55. The molecule has 0 spiro atoms. The van der Waals surface area contributed by atoms with Gasteiger partial charge in [-0.25, -0.2) is 0 Å². The number of carbonyl (C=O) groups is 1. The van der Waals surface area contributed by atoms with Crippen LogP contribution in [0, 0.1) is 11.3 Å². The molecule has 1 amide bonds. The minimum Gasteiger partial charge on any atom is -0.493 e. The number of benzene rings is 2. The van der Waals surface area contributed by atoms with Crippen LogP contribution in [0.15, 0.2) is 48.0 Å². The third kappa shape index (κ3) is 6.16. The number of halogens is 1. The molecule has 2 aromatic carbocycles. The summed E-state index contributed by atoms with van der Waals surface area (Å²) in [5.41, 5.74) is 0.734. The molecule has 2 aromatic rings. The summed E-state index contributed by atoms with van der Waals surface area (Å²) in [5, 5.41) is 12.7. The largest absolute Gasteiger partial charge is 0.493 e. The second-order valence-corrected chi connectivity index (χ2v) is 6.92. The summed E-state index contributed by atoms with van der Waals surface area (Å²) in [6.45, 7) is 0.674. The lowest BCUT2D eigenvalue weighted by atomic mass is 10.1. The standard InChI is InChI=1S/C22H21ClN2O4/c1-27-21-13-15(12-16(14-24)22(26)25-18-5-6-18)2-9-20(21)29-11-10-28-19-7-3-17(23)4-8-19/h2-4,7-9,12-13,18H,5-6,10-11H2,1H3,(H,25,26)/b16-12+. The van der Waals surface area contributed by atoms with Crippen molar-refractivity contribution in [3.8, 4) is 23.3 Å². The Morgan fingerprint density at radius 2 is 1.90 bits per heavy atom. The Kier molecular flexibility index (Phi) is 6.99. The van der Waals surface area contributed by atoms with Crippen LogP contribution in [0.25, 0.3) is 6.08 Å². The molecule has 150 valence electrons. The lowest BCUT2D eigenvalue weighted by molar-refractivity contribution is -0.117. The van der Waals surface area contributed by atoms with Gasteiger partial charge in [0.1, 0.15) is 30.6 Å². The van der Waals surface area contributed by atoms with Gasteiger partial charge in [-0.3, -0.25) is 4.79 Å². The summed E-state index contributed by atoms with van der Waals surface area (Å²) in [6, 6.07) is 14.5. The van der Waals surface area contributed by atoms with E-state index in [1.165, 1.54) is 13.2 Å². The van der Waals surface area contributed by atoms with Crippen LogP contribution >= 0.6 is 11.6 Å². The molecule has 0 aromatic heterocycles. The third-order valence-corrected chi connectivity index (χ3v) is 4.45. The number of carbonyl (C=O) groups excluding carboxylic acids is 1. The monoisotopic (exact) mass is 412 g/mol. The molecule has 0 saturated heterocycles. The van der Waals surface area contributed by atoms with Crippen molar-refractivity contribution >= 4 is 23.6 Å². The van der Waals surface area contributed by atoms with E-state index in [4.69, 9.17) is 25.8 Å². The maximum Gasteiger partial charge on any atom is 0.262 e. The van der Waals surface area contributed by atoms with Crippen molar-refractivity contribution in [2.24, 2.45) is 0 Å². The lowest BCUT2D eigenvalue weighted by Crippen LogP contribution is -2.26. The Labute approximate surface area is 174 Å². The van der Waals surface area contributed by atoms with E-state index in [1.54, 1.807) is 42.5 Å². The summed E-state index contributed by atoms with van der Waals surface area (Å²) in [7, 11) is 1.53. The SMILES string of the molecule is COc1cc(/C=C(\C#N)C(=O)NC2CC2)ccc1OCCOc1ccc(Cl)cc1. The molecule has 0 atom stereocenters. The lowest BCUT2D eigenvalue weighted by Gasteiger charge is -2.12. The fourth-order valence-corrected chi connectivity index (χ4v) is 2.67. The third-order valence-electron chi connectivity index (χ3n) is 4.20. The highest BCUT2D eigenvalue weighted by atomic mass is 35.5. The van der Waals surface area contributed by atoms with E-state index >= 15 is 0 Å². The number of hydrogen-bond donors (Lipinski definition) is 1. The van der Waals surface area contributed by atoms with Crippen LogP contribution in [-0.2, 0) is 4.79 Å². The molecule has 29 heavy (non-hydrogen) atoms. The van der Waals surface area contributed by atoms with Crippen molar-refractivity contribution in [3.63, 3.8) is 0 Å². The Hall–Kier alpha value is -3.17. The van der Waals surface area contributed by atoms with Gasteiger partial charge in [-0.05, 0) is 60.9 Å². The molecule has 1 fully saturated rings. The summed E-state index contributed by atoms with van der Waals surface area (Å²) < 4.78 is 16.7. The molecule has 1 aliphatic carbocycles. The van der Waals surface area contributed by atoms with Crippen LogP contribution in [-0.4, -0.2) is 32.3 Å². The second kappa shape index (κ2) is 9.85. The van der Waals surface area contributed by atoms with Gasteiger partial charge in [-0.1, -0.05) is 17.7 Å². The van der Waals surface area contributed by atoms with Gasteiger partial charge in [0, 0.05) is 11.1 Å². The van der Waals surface area contributed by atoms with Crippen molar-refractivity contribution in [2.75, 3.05) is 20.3 Å². The van der Waals surface area contributed by atoms with Crippen molar-refractivity contribution in [1.29, 1.82) is 5.26 Å². The zero-order valence-corrected chi connectivity index (χ0v) is 16.7. The minimum atomic E-state index is -0.353. The Balaban J connectivity index is 1.58. The van der Waals surface area contributed by atoms with Gasteiger partial charge in [-0.15, -0.1) is 0 Å². The fraction of sp³-hybridized carbons (Fsp3) is 0.273. The van der Waals surface area contributed by atoms with E-state index in [0.29, 0.717) is 41.0 Å². The first-order valence-corrected chi connectivity index (χ1v) is 9.58. The van der Waals surface area contributed by atoms with Gasteiger partial charge in [0.2, 0.25) is 0 Å². The molecule has 0 radical (unpaired) electrons. The van der Waals surface area contributed by atoms with E-state index < -0.39 is 0 Å². The number of methoxy groups -OCH3 is 1. The molecule has 1 aliphatic rings. The summed E-state index contributed by atoms with van der Waals surface area (Å²) >= 11 is 5.84. The maximum absolute atomic E-state index is 12.1. The molecule has 1 saturated carbocycles. The molecule has 6 nitrogen and oxygen atoms in total. The van der Waals surface area contributed by atoms with Gasteiger partial charge in [0.05, 0.1) is 7.11 Å². The average molecular weight is 413 g/mol. The van der Waals surface area contributed by atoms with E-state index in [2.05, 4.69) is 5.32 Å². The molecule has 0 unspecified atom stereocenters. The van der Waals surface area contributed by atoms with Gasteiger partial charge in [0.25, 0.3) is 5.91 Å². The number of ether oxygens (including phenoxy) is 3.